The van der Waals surface area contributed by atoms with Crippen molar-refractivity contribution in [2.24, 2.45) is 0 Å². The molecule has 1 aromatic carbocycles. The number of aliphatic hydroxyl groups is 1. The summed E-state index contributed by atoms with van der Waals surface area (Å²) >= 11 is 0. The maximum absolute atomic E-state index is 9.18. The summed E-state index contributed by atoms with van der Waals surface area (Å²) in [7, 11) is 0. The van der Waals surface area contributed by atoms with Crippen molar-refractivity contribution in [2.45, 2.75) is 25.4 Å². The molecule has 0 heterocycles. The number of rotatable bonds is 3. The summed E-state index contributed by atoms with van der Waals surface area (Å²) in [5.74, 6) is 0.677. The molecule has 0 amide bonds. The van der Waals surface area contributed by atoms with E-state index >= 15 is 0 Å². The summed E-state index contributed by atoms with van der Waals surface area (Å²) in [5.41, 5.74) is 3.58. The second-order valence-corrected chi connectivity index (χ2v) is 3.56. The molecule has 0 atom stereocenters. The van der Waals surface area contributed by atoms with Crippen LogP contribution in [-0.4, -0.2) is 5.11 Å². The lowest BCUT2D eigenvalue weighted by Gasteiger charge is -2.09. The minimum atomic E-state index is 0.146. The van der Waals surface area contributed by atoms with Crippen molar-refractivity contribution >= 4 is 6.08 Å². The average molecular weight is 174 g/mol. The third-order valence-corrected chi connectivity index (χ3v) is 2.61. The van der Waals surface area contributed by atoms with E-state index in [9.17, 15) is 5.11 Å². The van der Waals surface area contributed by atoms with Crippen molar-refractivity contribution in [1.82, 2.24) is 0 Å². The van der Waals surface area contributed by atoms with E-state index in [1.54, 1.807) is 0 Å². The molecule has 0 unspecified atom stereocenters. The molecule has 0 aliphatic heterocycles. The van der Waals surface area contributed by atoms with Gasteiger partial charge in [-0.3, -0.25) is 0 Å². The van der Waals surface area contributed by atoms with Crippen LogP contribution < -0.4 is 0 Å². The van der Waals surface area contributed by atoms with Gasteiger partial charge in [0.2, 0.25) is 0 Å². The molecule has 2 rings (SSSR count). The molecule has 1 aromatic rings. The van der Waals surface area contributed by atoms with Gasteiger partial charge in [0.15, 0.2) is 0 Å². The number of benzene rings is 1. The third kappa shape index (κ3) is 1.52. The van der Waals surface area contributed by atoms with Crippen LogP contribution in [0.3, 0.4) is 0 Å². The second kappa shape index (κ2) is 3.35. The Hall–Kier alpha value is -1.08. The normalized spacial score (nSPS) is 15.8. The lowest BCUT2D eigenvalue weighted by atomic mass is 9.97. The zero-order valence-electron chi connectivity index (χ0n) is 7.66. The van der Waals surface area contributed by atoms with Crippen LogP contribution in [-0.2, 0) is 6.61 Å². The van der Waals surface area contributed by atoms with Crippen LogP contribution >= 0.6 is 0 Å². The zero-order chi connectivity index (χ0) is 9.26. The van der Waals surface area contributed by atoms with E-state index in [2.05, 4.69) is 12.6 Å². The molecule has 13 heavy (non-hydrogen) atoms. The quantitative estimate of drug-likeness (QED) is 0.747. The fraction of sp³-hybridized carbons (Fsp3) is 0.333. The predicted molar refractivity (Wildman–Crippen MR) is 54.4 cm³/mol. The molecule has 1 saturated carbocycles. The van der Waals surface area contributed by atoms with Crippen molar-refractivity contribution in [3.63, 3.8) is 0 Å². The highest BCUT2D eigenvalue weighted by molar-refractivity contribution is 5.56. The van der Waals surface area contributed by atoms with Crippen LogP contribution in [0.1, 0.15) is 35.4 Å². The van der Waals surface area contributed by atoms with Crippen molar-refractivity contribution in [3.8, 4) is 0 Å². The van der Waals surface area contributed by atoms with Crippen molar-refractivity contribution < 1.29 is 5.11 Å². The van der Waals surface area contributed by atoms with Gasteiger partial charge in [0, 0.05) is 0 Å². The van der Waals surface area contributed by atoms with E-state index in [-0.39, 0.29) is 6.61 Å². The molecule has 0 saturated heterocycles. The first-order valence-corrected chi connectivity index (χ1v) is 4.72. The summed E-state index contributed by atoms with van der Waals surface area (Å²) in [4.78, 5) is 0. The van der Waals surface area contributed by atoms with Crippen LogP contribution in [0.25, 0.3) is 6.08 Å². The predicted octanol–water partition coefficient (Wildman–Crippen LogP) is 2.70. The van der Waals surface area contributed by atoms with Gasteiger partial charge in [-0.2, -0.15) is 0 Å². The SMILES string of the molecule is C=Cc1cccc(CO)c1C1CC1. The van der Waals surface area contributed by atoms with Crippen molar-refractivity contribution in [3.05, 3.63) is 41.5 Å². The van der Waals surface area contributed by atoms with Gasteiger partial charge in [0.05, 0.1) is 6.61 Å². The molecule has 1 heteroatoms. The largest absolute Gasteiger partial charge is 0.392 e. The van der Waals surface area contributed by atoms with Crippen LogP contribution in [0.15, 0.2) is 24.8 Å². The van der Waals surface area contributed by atoms with E-state index in [0.29, 0.717) is 5.92 Å². The summed E-state index contributed by atoms with van der Waals surface area (Å²) < 4.78 is 0. The van der Waals surface area contributed by atoms with Gasteiger partial charge in [-0.25, -0.2) is 0 Å². The Morgan fingerprint density at radius 2 is 2.23 bits per heavy atom. The van der Waals surface area contributed by atoms with Gasteiger partial charge in [-0.05, 0) is 35.4 Å². The maximum Gasteiger partial charge on any atom is 0.0684 e. The molecule has 0 spiro atoms. The Morgan fingerprint density at radius 1 is 1.46 bits per heavy atom. The Bertz CT molecular complexity index is 324. The number of hydrogen-bond acceptors (Lipinski definition) is 1. The van der Waals surface area contributed by atoms with E-state index < -0.39 is 0 Å². The first kappa shape index (κ1) is 8.52. The fourth-order valence-electron chi connectivity index (χ4n) is 1.82. The van der Waals surface area contributed by atoms with Gasteiger partial charge >= 0.3 is 0 Å². The van der Waals surface area contributed by atoms with Crippen LogP contribution in [0.2, 0.25) is 0 Å². The zero-order valence-corrected chi connectivity index (χ0v) is 7.66. The topological polar surface area (TPSA) is 20.2 Å². The van der Waals surface area contributed by atoms with Gasteiger partial charge < -0.3 is 5.11 Å². The minimum absolute atomic E-state index is 0.146. The monoisotopic (exact) mass is 174 g/mol. The van der Waals surface area contributed by atoms with Crippen molar-refractivity contribution in [2.75, 3.05) is 0 Å². The molecule has 1 aliphatic rings. The molecule has 1 aliphatic carbocycles. The number of hydrogen-bond donors (Lipinski definition) is 1. The minimum Gasteiger partial charge on any atom is -0.392 e. The summed E-state index contributed by atoms with van der Waals surface area (Å²) in [6, 6.07) is 6.05. The Kier molecular flexibility index (Phi) is 2.19. The smallest absolute Gasteiger partial charge is 0.0684 e. The lowest BCUT2D eigenvalue weighted by Crippen LogP contribution is -1.94. The molecule has 0 radical (unpaired) electrons. The standard InChI is InChI=1S/C12H14O/c1-2-9-4-3-5-11(8-13)12(9)10-6-7-10/h2-5,10,13H,1,6-8H2. The Labute approximate surface area is 78.7 Å². The van der Waals surface area contributed by atoms with Gasteiger partial charge in [0.25, 0.3) is 0 Å². The molecule has 1 N–H and O–H groups in total. The Morgan fingerprint density at radius 3 is 2.77 bits per heavy atom. The highest BCUT2D eigenvalue weighted by Crippen LogP contribution is 2.43. The first-order chi connectivity index (χ1) is 6.36. The molecule has 68 valence electrons. The van der Waals surface area contributed by atoms with Crippen LogP contribution in [0, 0.1) is 0 Å². The van der Waals surface area contributed by atoms with Crippen LogP contribution in [0.4, 0.5) is 0 Å². The second-order valence-electron chi connectivity index (χ2n) is 3.56. The van der Waals surface area contributed by atoms with E-state index in [1.165, 1.54) is 24.0 Å². The van der Waals surface area contributed by atoms with Gasteiger partial charge in [-0.1, -0.05) is 30.9 Å². The molecular formula is C12H14O. The fourth-order valence-corrected chi connectivity index (χ4v) is 1.82. The average Bonchev–Trinajstić information content (AvgIpc) is 3.00. The maximum atomic E-state index is 9.18. The summed E-state index contributed by atoms with van der Waals surface area (Å²) in [6.07, 6.45) is 4.41. The van der Waals surface area contributed by atoms with Crippen molar-refractivity contribution in [1.29, 1.82) is 0 Å². The van der Waals surface area contributed by atoms with Gasteiger partial charge in [0.1, 0.15) is 0 Å². The first-order valence-electron chi connectivity index (χ1n) is 4.72. The highest BCUT2D eigenvalue weighted by atomic mass is 16.3. The summed E-state index contributed by atoms with van der Waals surface area (Å²) in [6.45, 7) is 3.94. The van der Waals surface area contributed by atoms with E-state index in [1.807, 2.05) is 18.2 Å². The van der Waals surface area contributed by atoms with E-state index in [4.69, 9.17) is 0 Å². The number of aliphatic hydroxyl groups excluding tert-OH is 1. The highest BCUT2D eigenvalue weighted by Gasteiger charge is 2.27. The molecular weight excluding hydrogens is 160 g/mol. The Balaban J connectivity index is 2.50. The van der Waals surface area contributed by atoms with Gasteiger partial charge in [-0.15, -0.1) is 0 Å². The van der Waals surface area contributed by atoms with Crippen LogP contribution in [0.5, 0.6) is 0 Å². The molecule has 1 fully saturated rings. The third-order valence-electron chi connectivity index (χ3n) is 2.61. The molecule has 0 bridgehead atoms. The summed E-state index contributed by atoms with van der Waals surface area (Å²) in [5, 5.41) is 9.18. The lowest BCUT2D eigenvalue weighted by molar-refractivity contribution is 0.280. The molecule has 1 nitrogen and oxygen atoms in total. The van der Waals surface area contributed by atoms with E-state index in [0.717, 1.165) is 5.56 Å². The molecule has 0 aromatic heterocycles.